The molecule has 0 bridgehead atoms. The first-order valence-electron chi connectivity index (χ1n) is 4.08. The summed E-state index contributed by atoms with van der Waals surface area (Å²) < 4.78 is 4.56. The molecule has 0 saturated heterocycles. The largest absolute Gasteiger partial charge is 0.494 e. The van der Waals surface area contributed by atoms with Gasteiger partial charge in [-0.3, -0.25) is 4.98 Å². The van der Waals surface area contributed by atoms with Crippen molar-refractivity contribution in [2.45, 2.75) is 0 Å². The van der Waals surface area contributed by atoms with Gasteiger partial charge in [-0.25, -0.2) is 4.79 Å². The number of aromatic nitrogens is 1. The molecule has 0 unspecified atom stereocenters. The summed E-state index contributed by atoms with van der Waals surface area (Å²) in [5.74, 6) is -1.23. The lowest BCUT2D eigenvalue weighted by Crippen LogP contribution is -2.29. The van der Waals surface area contributed by atoms with Crippen LogP contribution in [0.15, 0.2) is 11.4 Å². The number of ether oxygens (including phenoxy) is 1. The average molecular weight is 250 g/mol. The minimum Gasteiger partial charge on any atom is -0.494 e. The Morgan fingerprint density at radius 1 is 1.62 bits per heavy atom. The highest BCUT2D eigenvalue weighted by atomic mass is 35.5. The second kappa shape index (κ2) is 5.21. The summed E-state index contributed by atoms with van der Waals surface area (Å²) in [4.78, 5) is 23.5. The van der Waals surface area contributed by atoms with E-state index in [9.17, 15) is 9.70 Å². The lowest BCUT2D eigenvalue weighted by molar-refractivity contribution is 0.154. The minimum atomic E-state index is -1.11. The predicted molar refractivity (Wildman–Crippen MR) is 53.4 cm³/mol. The van der Waals surface area contributed by atoms with Crippen molar-refractivity contribution in [2.24, 2.45) is 5.29 Å². The Hall–Kier alpha value is -1.96. The fourth-order valence-electron chi connectivity index (χ4n) is 0.882. The molecular formula is C7H8ClN3O5. The molecule has 0 atom stereocenters. The molecule has 0 aromatic carbocycles. The number of hydrogen-bond acceptors (Lipinski definition) is 6. The highest BCUT2D eigenvalue weighted by molar-refractivity contribution is 6.18. The molecule has 1 heterocycles. The molecule has 0 aliphatic rings. The lowest BCUT2D eigenvalue weighted by atomic mass is 10.5. The number of alkyl halides is 1. The maximum absolute atomic E-state index is 11.2. The third-order valence-electron chi connectivity index (χ3n) is 1.55. The quantitative estimate of drug-likeness (QED) is 0.420. The van der Waals surface area contributed by atoms with E-state index in [0.29, 0.717) is 5.01 Å². The van der Waals surface area contributed by atoms with Gasteiger partial charge in [0, 0.05) is 11.9 Å². The first kappa shape index (κ1) is 12.1. The van der Waals surface area contributed by atoms with Crippen LogP contribution < -0.4 is 4.74 Å². The Kier molecular flexibility index (Phi) is 3.95. The third kappa shape index (κ3) is 2.76. The minimum absolute atomic E-state index is 0.00517. The van der Waals surface area contributed by atoms with Gasteiger partial charge in [0.15, 0.2) is 11.6 Å². The summed E-state index contributed by atoms with van der Waals surface area (Å²) in [7, 11) is 0. The lowest BCUT2D eigenvalue weighted by Gasteiger charge is -2.10. The van der Waals surface area contributed by atoms with Crippen molar-refractivity contribution in [1.29, 1.82) is 0 Å². The van der Waals surface area contributed by atoms with Crippen molar-refractivity contribution in [3.05, 3.63) is 11.0 Å². The van der Waals surface area contributed by atoms with Gasteiger partial charge in [-0.1, -0.05) is 0 Å². The number of H-pyrrole nitrogens is 1. The highest BCUT2D eigenvalue weighted by Crippen LogP contribution is 2.29. The molecule has 1 rings (SSSR count). The van der Waals surface area contributed by atoms with Gasteiger partial charge in [0.2, 0.25) is 5.88 Å². The molecule has 0 radical (unpaired) electrons. The number of nitroso groups, excluding NO2 is 1. The summed E-state index contributed by atoms with van der Waals surface area (Å²) in [5.41, 5.74) is 0. The summed E-state index contributed by atoms with van der Waals surface area (Å²) >= 11 is 5.31. The number of rotatable bonds is 4. The third-order valence-corrected chi connectivity index (χ3v) is 1.72. The maximum Gasteiger partial charge on any atom is 0.438 e. The van der Waals surface area contributed by atoms with E-state index in [1.165, 1.54) is 0 Å². The van der Waals surface area contributed by atoms with Crippen LogP contribution in [0.4, 0.5) is 4.79 Å². The van der Waals surface area contributed by atoms with Crippen LogP contribution in [0, 0.1) is 4.91 Å². The van der Waals surface area contributed by atoms with Crippen molar-refractivity contribution in [1.82, 2.24) is 9.99 Å². The van der Waals surface area contributed by atoms with E-state index in [0.717, 1.165) is 6.07 Å². The molecule has 1 aromatic rings. The molecule has 0 fully saturated rings. The standard InChI is InChI=1S/C7H8ClN3O5/c8-1-2-11(10-15)7(14)16-4-3-5(12)9-6(4)13/h3,9,12-13H,1-2H2. The topological polar surface area (TPSA) is 115 Å². The zero-order chi connectivity index (χ0) is 12.1. The monoisotopic (exact) mass is 249 g/mol. The van der Waals surface area contributed by atoms with Crippen molar-refractivity contribution < 1.29 is 19.7 Å². The van der Waals surface area contributed by atoms with Crippen LogP contribution in [-0.4, -0.2) is 38.7 Å². The Balaban J connectivity index is 2.69. The van der Waals surface area contributed by atoms with Crippen LogP contribution in [-0.2, 0) is 0 Å². The molecule has 0 spiro atoms. The van der Waals surface area contributed by atoms with Crippen LogP contribution in [0.5, 0.6) is 17.5 Å². The maximum atomic E-state index is 11.2. The van der Waals surface area contributed by atoms with Gasteiger partial charge in [-0.05, 0) is 0 Å². The van der Waals surface area contributed by atoms with Gasteiger partial charge < -0.3 is 14.9 Å². The number of carbonyl (C=O) groups is 1. The van der Waals surface area contributed by atoms with E-state index in [1.807, 2.05) is 0 Å². The smallest absolute Gasteiger partial charge is 0.438 e. The van der Waals surface area contributed by atoms with E-state index < -0.39 is 12.0 Å². The van der Waals surface area contributed by atoms with Crippen LogP contribution in [0.3, 0.4) is 0 Å². The number of hydrogen-bond donors (Lipinski definition) is 3. The van der Waals surface area contributed by atoms with Crippen LogP contribution in [0.1, 0.15) is 0 Å². The Labute approximate surface area is 94.3 Å². The van der Waals surface area contributed by atoms with Crippen LogP contribution in [0.2, 0.25) is 0 Å². The fourth-order valence-corrected chi connectivity index (χ4v) is 1.04. The molecule has 1 amide bonds. The molecule has 1 aromatic heterocycles. The Morgan fingerprint density at radius 3 is 2.75 bits per heavy atom. The summed E-state index contributed by atoms with van der Waals surface area (Å²) in [6.07, 6.45) is -1.11. The van der Waals surface area contributed by atoms with Gasteiger partial charge in [-0.15, -0.1) is 16.5 Å². The Morgan fingerprint density at radius 2 is 2.31 bits per heavy atom. The van der Waals surface area contributed by atoms with E-state index in [4.69, 9.17) is 21.8 Å². The van der Waals surface area contributed by atoms with Gasteiger partial charge in [0.1, 0.15) is 0 Å². The molecule has 8 nitrogen and oxygen atoms in total. The summed E-state index contributed by atoms with van der Waals surface area (Å²) in [6, 6.07) is 0.969. The van der Waals surface area contributed by atoms with Gasteiger partial charge in [0.05, 0.1) is 11.8 Å². The second-order valence-electron chi connectivity index (χ2n) is 2.63. The normalized spacial score (nSPS) is 9.81. The summed E-state index contributed by atoms with van der Waals surface area (Å²) in [5, 5.41) is 20.9. The van der Waals surface area contributed by atoms with Gasteiger partial charge in [-0.2, -0.15) is 5.01 Å². The summed E-state index contributed by atoms with van der Waals surface area (Å²) in [6.45, 7) is -0.124. The average Bonchev–Trinajstić information content (AvgIpc) is 2.53. The first-order chi connectivity index (χ1) is 7.58. The molecule has 16 heavy (non-hydrogen) atoms. The van der Waals surface area contributed by atoms with Crippen LogP contribution >= 0.6 is 11.6 Å². The number of aromatic hydroxyl groups is 2. The van der Waals surface area contributed by atoms with Crippen molar-refractivity contribution in [3.63, 3.8) is 0 Å². The first-order valence-corrected chi connectivity index (χ1v) is 4.61. The molecule has 0 aliphatic carbocycles. The molecule has 0 aliphatic heterocycles. The van der Waals surface area contributed by atoms with E-state index in [1.54, 1.807) is 0 Å². The molecule has 88 valence electrons. The number of carbonyl (C=O) groups excluding carboxylic acids is 1. The van der Waals surface area contributed by atoms with Crippen molar-refractivity contribution in [2.75, 3.05) is 12.4 Å². The van der Waals surface area contributed by atoms with Gasteiger partial charge in [0.25, 0.3) is 0 Å². The van der Waals surface area contributed by atoms with Gasteiger partial charge >= 0.3 is 6.09 Å². The van der Waals surface area contributed by atoms with E-state index >= 15 is 0 Å². The van der Waals surface area contributed by atoms with Crippen molar-refractivity contribution >= 4 is 17.7 Å². The van der Waals surface area contributed by atoms with E-state index in [2.05, 4.69) is 15.0 Å². The Bertz CT molecular complexity index is 393. The zero-order valence-corrected chi connectivity index (χ0v) is 8.64. The number of aromatic amines is 1. The fraction of sp³-hybridized carbons (Fsp3) is 0.286. The number of nitrogens with one attached hydrogen (secondary N) is 1. The number of amides is 1. The predicted octanol–water partition coefficient (Wildman–Crippen LogP) is 1.15. The highest BCUT2D eigenvalue weighted by Gasteiger charge is 2.19. The molecule has 3 N–H and O–H groups in total. The van der Waals surface area contributed by atoms with E-state index in [-0.39, 0.29) is 24.1 Å². The van der Waals surface area contributed by atoms with Crippen molar-refractivity contribution in [3.8, 4) is 17.5 Å². The molecule has 9 heteroatoms. The second-order valence-corrected chi connectivity index (χ2v) is 3.01. The molecule has 0 saturated carbocycles. The number of halogens is 1. The number of nitrogens with zero attached hydrogens (tertiary/aromatic N) is 2. The SMILES string of the molecule is O=NN(CCCl)C(=O)Oc1cc(O)[nH]c1O. The molecular weight excluding hydrogens is 242 g/mol. The zero-order valence-electron chi connectivity index (χ0n) is 7.88. The van der Waals surface area contributed by atoms with Crippen LogP contribution in [0.25, 0.3) is 0 Å².